The van der Waals surface area contributed by atoms with Gasteiger partial charge in [0.25, 0.3) is 0 Å². The van der Waals surface area contributed by atoms with Crippen molar-refractivity contribution in [3.8, 4) is 0 Å². The minimum Gasteiger partial charge on any atom is -0.345 e. The van der Waals surface area contributed by atoms with Gasteiger partial charge in [-0.2, -0.15) is 0 Å². The zero-order valence-corrected chi connectivity index (χ0v) is 14.5. The molecule has 0 aliphatic rings. The number of carbonyl (C=O) groups excluding carboxylic acids is 1. The lowest BCUT2D eigenvalue weighted by atomic mass is 9.85. The second-order valence-corrected chi connectivity index (χ2v) is 5.69. The summed E-state index contributed by atoms with van der Waals surface area (Å²) in [6.07, 6.45) is 0.760. The number of benzene rings is 2. The molecule has 0 aliphatic carbocycles. The van der Waals surface area contributed by atoms with E-state index in [1.165, 1.54) is 5.56 Å². The molecule has 0 aliphatic heterocycles. The van der Waals surface area contributed by atoms with E-state index in [4.69, 9.17) is 0 Å². The normalized spacial score (nSPS) is 12.8. The van der Waals surface area contributed by atoms with Gasteiger partial charge < -0.3 is 10.6 Å². The highest BCUT2D eigenvalue weighted by atomic mass is 35.5. The van der Waals surface area contributed by atoms with Crippen LogP contribution in [0, 0.1) is 0 Å². The Morgan fingerprint density at radius 1 is 1.00 bits per heavy atom. The predicted molar refractivity (Wildman–Crippen MR) is 97.9 cm³/mol. The first-order valence-corrected chi connectivity index (χ1v) is 7.75. The zero-order valence-electron chi connectivity index (χ0n) is 13.7. The van der Waals surface area contributed by atoms with Crippen molar-refractivity contribution in [1.82, 2.24) is 10.6 Å². The number of halogens is 1. The Kier molecular flexibility index (Phi) is 7.79. The Bertz CT molecular complexity index is 589. The van der Waals surface area contributed by atoms with Crippen molar-refractivity contribution in [1.29, 1.82) is 0 Å². The standard InChI is InChI=1S/C19H24N2O.ClH/c1-3-20-15-18(22)21-19(2,17-12-8-5-9-13-17)14-16-10-6-4-7-11-16;/h4-13,20H,3,14-15H2,1-2H3,(H,21,22);1H. The lowest BCUT2D eigenvalue weighted by molar-refractivity contribution is -0.122. The number of hydrogen-bond acceptors (Lipinski definition) is 2. The fraction of sp³-hybridized carbons (Fsp3) is 0.316. The molecule has 0 fully saturated rings. The van der Waals surface area contributed by atoms with Gasteiger partial charge in [0.05, 0.1) is 12.1 Å². The van der Waals surface area contributed by atoms with Crippen LogP contribution in [0.2, 0.25) is 0 Å². The molecule has 2 rings (SSSR count). The first kappa shape index (κ1) is 19.2. The summed E-state index contributed by atoms with van der Waals surface area (Å²) < 4.78 is 0. The lowest BCUT2D eigenvalue weighted by Crippen LogP contribution is -2.48. The van der Waals surface area contributed by atoms with E-state index in [0.29, 0.717) is 6.54 Å². The Morgan fingerprint density at radius 3 is 2.13 bits per heavy atom. The van der Waals surface area contributed by atoms with Crippen LogP contribution >= 0.6 is 12.4 Å². The Balaban J connectivity index is 0.00000264. The zero-order chi connectivity index (χ0) is 15.8. The number of carbonyl (C=O) groups is 1. The highest BCUT2D eigenvalue weighted by Gasteiger charge is 2.28. The molecule has 0 bridgehead atoms. The summed E-state index contributed by atoms with van der Waals surface area (Å²) in [5.74, 6) is 0.0177. The maximum absolute atomic E-state index is 12.2. The molecule has 1 unspecified atom stereocenters. The molecule has 2 N–H and O–H groups in total. The van der Waals surface area contributed by atoms with Gasteiger partial charge in [0, 0.05) is 0 Å². The van der Waals surface area contributed by atoms with E-state index >= 15 is 0 Å². The number of rotatable bonds is 7. The molecule has 0 aromatic heterocycles. The van der Waals surface area contributed by atoms with Gasteiger partial charge in [0.1, 0.15) is 0 Å². The molecule has 0 heterocycles. The summed E-state index contributed by atoms with van der Waals surface area (Å²) in [6.45, 7) is 5.20. The van der Waals surface area contributed by atoms with Gasteiger partial charge in [0.2, 0.25) is 5.91 Å². The van der Waals surface area contributed by atoms with Crippen molar-refractivity contribution in [2.45, 2.75) is 25.8 Å². The van der Waals surface area contributed by atoms with Crippen LogP contribution in [0.4, 0.5) is 0 Å². The minimum absolute atomic E-state index is 0. The third kappa shape index (κ3) is 5.70. The number of amides is 1. The SMILES string of the molecule is CCNCC(=O)NC(C)(Cc1ccccc1)c1ccccc1.Cl. The average Bonchev–Trinajstić information content (AvgIpc) is 2.54. The third-order valence-electron chi connectivity index (χ3n) is 3.76. The largest absolute Gasteiger partial charge is 0.345 e. The topological polar surface area (TPSA) is 41.1 Å². The fourth-order valence-electron chi connectivity index (χ4n) is 2.62. The molecule has 124 valence electrons. The van der Waals surface area contributed by atoms with E-state index in [-0.39, 0.29) is 18.3 Å². The van der Waals surface area contributed by atoms with Crippen molar-refractivity contribution in [2.75, 3.05) is 13.1 Å². The van der Waals surface area contributed by atoms with Gasteiger partial charge in [-0.05, 0) is 31.0 Å². The Morgan fingerprint density at radius 2 is 1.57 bits per heavy atom. The second-order valence-electron chi connectivity index (χ2n) is 5.69. The van der Waals surface area contributed by atoms with E-state index < -0.39 is 5.54 Å². The quantitative estimate of drug-likeness (QED) is 0.817. The van der Waals surface area contributed by atoms with Crippen LogP contribution in [-0.4, -0.2) is 19.0 Å². The number of hydrogen-bond donors (Lipinski definition) is 2. The minimum atomic E-state index is -0.422. The van der Waals surface area contributed by atoms with Gasteiger partial charge in [-0.1, -0.05) is 67.6 Å². The summed E-state index contributed by atoms with van der Waals surface area (Å²) in [5, 5.41) is 6.27. The summed E-state index contributed by atoms with van der Waals surface area (Å²) in [5.41, 5.74) is 1.90. The van der Waals surface area contributed by atoms with Crippen molar-refractivity contribution in [2.24, 2.45) is 0 Å². The fourth-order valence-corrected chi connectivity index (χ4v) is 2.62. The van der Waals surface area contributed by atoms with Crippen molar-refractivity contribution >= 4 is 18.3 Å². The Labute approximate surface area is 144 Å². The number of nitrogens with one attached hydrogen (secondary N) is 2. The molecule has 1 amide bonds. The van der Waals surface area contributed by atoms with Crippen LogP contribution in [0.3, 0.4) is 0 Å². The molecule has 0 spiro atoms. The van der Waals surface area contributed by atoms with E-state index in [1.807, 2.05) is 43.3 Å². The van der Waals surface area contributed by atoms with E-state index in [1.54, 1.807) is 0 Å². The van der Waals surface area contributed by atoms with Gasteiger partial charge in [-0.3, -0.25) is 4.79 Å². The van der Waals surface area contributed by atoms with Gasteiger partial charge in [0.15, 0.2) is 0 Å². The van der Waals surface area contributed by atoms with Gasteiger partial charge in [-0.15, -0.1) is 12.4 Å². The van der Waals surface area contributed by atoms with Crippen LogP contribution in [-0.2, 0) is 16.8 Å². The molecule has 0 saturated carbocycles. The summed E-state index contributed by atoms with van der Waals surface area (Å²) in [6, 6.07) is 20.4. The average molecular weight is 333 g/mol. The van der Waals surface area contributed by atoms with Crippen LogP contribution < -0.4 is 10.6 Å². The van der Waals surface area contributed by atoms with Crippen LogP contribution in [0.1, 0.15) is 25.0 Å². The van der Waals surface area contributed by atoms with Gasteiger partial charge in [-0.25, -0.2) is 0 Å². The molecule has 0 radical (unpaired) electrons. The summed E-state index contributed by atoms with van der Waals surface area (Å²) >= 11 is 0. The van der Waals surface area contributed by atoms with E-state index in [9.17, 15) is 4.79 Å². The van der Waals surface area contributed by atoms with Crippen LogP contribution in [0.15, 0.2) is 60.7 Å². The van der Waals surface area contributed by atoms with Crippen molar-refractivity contribution < 1.29 is 4.79 Å². The monoisotopic (exact) mass is 332 g/mol. The molecule has 4 heteroatoms. The maximum atomic E-state index is 12.2. The van der Waals surface area contributed by atoms with Crippen molar-refractivity contribution in [3.63, 3.8) is 0 Å². The first-order valence-electron chi connectivity index (χ1n) is 7.75. The molecule has 23 heavy (non-hydrogen) atoms. The van der Waals surface area contributed by atoms with Crippen LogP contribution in [0.5, 0.6) is 0 Å². The molecule has 1 atom stereocenters. The lowest BCUT2D eigenvalue weighted by Gasteiger charge is -2.32. The Hall–Kier alpha value is -1.84. The highest BCUT2D eigenvalue weighted by Crippen LogP contribution is 2.25. The third-order valence-corrected chi connectivity index (χ3v) is 3.76. The number of likely N-dealkylation sites (N-methyl/N-ethyl adjacent to an activating group) is 1. The second kappa shape index (κ2) is 9.33. The molecular weight excluding hydrogens is 308 g/mol. The van der Waals surface area contributed by atoms with E-state index in [2.05, 4.69) is 41.8 Å². The molecule has 2 aromatic carbocycles. The summed E-state index contributed by atoms with van der Waals surface area (Å²) in [4.78, 5) is 12.2. The highest BCUT2D eigenvalue weighted by molar-refractivity contribution is 5.85. The van der Waals surface area contributed by atoms with Crippen LogP contribution in [0.25, 0.3) is 0 Å². The van der Waals surface area contributed by atoms with E-state index in [0.717, 1.165) is 18.5 Å². The molecule has 3 nitrogen and oxygen atoms in total. The molecule has 0 saturated heterocycles. The predicted octanol–water partition coefficient (Wildman–Crippen LogP) is 3.29. The summed E-state index contributed by atoms with van der Waals surface area (Å²) in [7, 11) is 0. The smallest absolute Gasteiger partial charge is 0.234 e. The molecule has 2 aromatic rings. The van der Waals surface area contributed by atoms with Crippen molar-refractivity contribution in [3.05, 3.63) is 71.8 Å². The molecular formula is C19H25ClN2O. The maximum Gasteiger partial charge on any atom is 0.234 e. The van der Waals surface area contributed by atoms with Gasteiger partial charge >= 0.3 is 0 Å². The first-order chi connectivity index (χ1) is 10.6.